The smallest absolute Gasteiger partial charge is 0.331 e. The zero-order valence-corrected chi connectivity index (χ0v) is 9.28. The minimum absolute atomic E-state index is 0.114. The Morgan fingerprint density at radius 3 is 2.47 bits per heavy atom. The zero-order chi connectivity index (χ0) is 14.2. The molecule has 2 N–H and O–H groups in total. The van der Waals surface area contributed by atoms with Crippen LogP contribution in [0.5, 0.6) is 5.88 Å². The van der Waals surface area contributed by atoms with Gasteiger partial charge >= 0.3 is 5.69 Å². The van der Waals surface area contributed by atoms with Crippen molar-refractivity contribution in [1.29, 1.82) is 0 Å². The molecule has 1 heterocycles. The van der Waals surface area contributed by atoms with Crippen LogP contribution in [0.2, 0.25) is 0 Å². The first-order chi connectivity index (χ1) is 8.90. The van der Waals surface area contributed by atoms with E-state index in [2.05, 4.69) is 0 Å². The van der Waals surface area contributed by atoms with Crippen molar-refractivity contribution in [3.8, 4) is 5.88 Å². The summed E-state index contributed by atoms with van der Waals surface area (Å²) in [5, 5.41) is 9.34. The number of benzene rings is 1. The lowest BCUT2D eigenvalue weighted by Crippen LogP contribution is -2.32. The summed E-state index contributed by atoms with van der Waals surface area (Å²) in [6, 6.07) is 2.78. The van der Waals surface area contributed by atoms with Crippen LogP contribution in [0, 0.1) is 17.5 Å². The van der Waals surface area contributed by atoms with Crippen LogP contribution in [0.1, 0.15) is 5.56 Å². The van der Waals surface area contributed by atoms with Crippen molar-refractivity contribution in [2.75, 3.05) is 0 Å². The van der Waals surface area contributed by atoms with Gasteiger partial charge in [-0.25, -0.2) is 13.6 Å². The first kappa shape index (κ1) is 12.9. The van der Waals surface area contributed by atoms with Gasteiger partial charge in [-0.1, -0.05) is 6.07 Å². The first-order valence-electron chi connectivity index (χ1n) is 5.05. The number of rotatable bonds is 2. The predicted octanol–water partition coefficient (Wildman–Crippen LogP) is 0.708. The molecule has 8 heteroatoms. The quantitative estimate of drug-likeness (QED) is 0.845. The monoisotopic (exact) mass is 272 g/mol. The standard InChI is InChI=1S/C11H7F3N2O3/c12-6-2-1-5(3-7(6)13)4-16-10(18)8(14)9(17)15-11(16)19/h1-3,18H,4H2,(H,15,17,19). The third-order valence-corrected chi connectivity index (χ3v) is 2.44. The van der Waals surface area contributed by atoms with Crippen LogP contribution in [-0.2, 0) is 6.54 Å². The van der Waals surface area contributed by atoms with E-state index in [1.54, 1.807) is 4.98 Å². The molecule has 1 aromatic carbocycles. The van der Waals surface area contributed by atoms with E-state index in [1.165, 1.54) is 0 Å². The maximum Gasteiger partial charge on any atom is 0.331 e. The Kier molecular flexibility index (Phi) is 3.16. The maximum absolute atomic E-state index is 13.1. The van der Waals surface area contributed by atoms with Gasteiger partial charge in [-0.3, -0.25) is 14.3 Å². The van der Waals surface area contributed by atoms with Crippen LogP contribution >= 0.6 is 0 Å². The van der Waals surface area contributed by atoms with Crippen LogP contribution in [0.3, 0.4) is 0 Å². The molecule has 0 saturated carbocycles. The van der Waals surface area contributed by atoms with E-state index in [-0.39, 0.29) is 5.56 Å². The van der Waals surface area contributed by atoms with Crippen LogP contribution < -0.4 is 11.2 Å². The molecule has 0 saturated heterocycles. The fourth-order valence-corrected chi connectivity index (χ4v) is 1.50. The van der Waals surface area contributed by atoms with Crippen LogP contribution in [0.15, 0.2) is 27.8 Å². The minimum atomic E-state index is -1.53. The second kappa shape index (κ2) is 4.63. The molecule has 0 aliphatic heterocycles. The van der Waals surface area contributed by atoms with Crippen molar-refractivity contribution in [3.05, 3.63) is 62.1 Å². The Hall–Kier alpha value is -2.51. The van der Waals surface area contributed by atoms with Gasteiger partial charge in [-0.2, -0.15) is 4.39 Å². The molecular formula is C11H7F3N2O3. The molecule has 0 fully saturated rings. The van der Waals surface area contributed by atoms with Gasteiger partial charge in [0, 0.05) is 0 Å². The normalized spacial score (nSPS) is 10.7. The van der Waals surface area contributed by atoms with Crippen molar-refractivity contribution in [3.63, 3.8) is 0 Å². The largest absolute Gasteiger partial charge is 0.492 e. The fraction of sp³-hybridized carbons (Fsp3) is 0.0909. The number of halogens is 3. The SMILES string of the molecule is O=c1[nH]c(=O)n(Cc2ccc(F)c(F)c2)c(O)c1F. The number of aromatic hydroxyl groups is 1. The molecule has 1 aromatic heterocycles. The Morgan fingerprint density at radius 1 is 1.16 bits per heavy atom. The maximum atomic E-state index is 13.1. The van der Waals surface area contributed by atoms with Gasteiger partial charge < -0.3 is 5.11 Å². The highest BCUT2D eigenvalue weighted by atomic mass is 19.2. The summed E-state index contributed by atoms with van der Waals surface area (Å²) < 4.78 is 39.3. The third kappa shape index (κ3) is 2.37. The van der Waals surface area contributed by atoms with Gasteiger partial charge in [0.05, 0.1) is 6.54 Å². The second-order valence-corrected chi connectivity index (χ2v) is 3.73. The molecule has 19 heavy (non-hydrogen) atoms. The number of hydrogen-bond acceptors (Lipinski definition) is 3. The van der Waals surface area contributed by atoms with Gasteiger partial charge in [-0.15, -0.1) is 0 Å². The summed E-state index contributed by atoms with van der Waals surface area (Å²) in [4.78, 5) is 23.9. The molecule has 0 spiro atoms. The average Bonchev–Trinajstić information content (AvgIpc) is 2.36. The Labute approximate surface area is 103 Å². The summed E-state index contributed by atoms with van der Waals surface area (Å²) in [5.74, 6) is -4.91. The lowest BCUT2D eigenvalue weighted by Gasteiger charge is -2.08. The second-order valence-electron chi connectivity index (χ2n) is 3.73. The Morgan fingerprint density at radius 2 is 1.84 bits per heavy atom. The molecule has 0 atom stereocenters. The Balaban J connectivity index is 2.49. The summed E-state index contributed by atoms with van der Waals surface area (Å²) >= 11 is 0. The van der Waals surface area contributed by atoms with Gasteiger partial charge in [-0.05, 0) is 17.7 Å². The van der Waals surface area contributed by atoms with E-state index in [4.69, 9.17) is 0 Å². The number of nitrogens with zero attached hydrogens (tertiary/aromatic N) is 1. The van der Waals surface area contributed by atoms with Gasteiger partial charge in [0.1, 0.15) is 0 Å². The van der Waals surface area contributed by atoms with Crippen molar-refractivity contribution >= 4 is 0 Å². The number of nitrogens with one attached hydrogen (secondary N) is 1. The highest BCUT2D eigenvalue weighted by molar-refractivity contribution is 5.20. The predicted molar refractivity (Wildman–Crippen MR) is 58.4 cm³/mol. The molecular weight excluding hydrogens is 265 g/mol. The Bertz CT molecular complexity index is 752. The summed E-state index contributed by atoms with van der Waals surface area (Å²) in [6.07, 6.45) is 0. The lowest BCUT2D eigenvalue weighted by molar-refractivity contribution is 0.367. The number of H-pyrrole nitrogens is 1. The number of aromatic amines is 1. The van der Waals surface area contributed by atoms with Crippen molar-refractivity contribution in [2.24, 2.45) is 0 Å². The third-order valence-electron chi connectivity index (χ3n) is 2.44. The molecule has 2 rings (SSSR count). The van der Waals surface area contributed by atoms with Crippen molar-refractivity contribution < 1.29 is 18.3 Å². The van der Waals surface area contributed by atoms with Gasteiger partial charge in [0.25, 0.3) is 5.56 Å². The number of hydrogen-bond donors (Lipinski definition) is 2. The van der Waals surface area contributed by atoms with E-state index in [0.717, 1.165) is 18.2 Å². The lowest BCUT2D eigenvalue weighted by atomic mass is 10.2. The molecule has 100 valence electrons. The minimum Gasteiger partial charge on any atom is -0.492 e. The highest BCUT2D eigenvalue weighted by Gasteiger charge is 2.14. The molecule has 0 radical (unpaired) electrons. The molecule has 2 aromatic rings. The van der Waals surface area contributed by atoms with Crippen LogP contribution in [0.4, 0.5) is 13.2 Å². The molecule has 0 aliphatic rings. The van der Waals surface area contributed by atoms with E-state index in [9.17, 15) is 27.9 Å². The average molecular weight is 272 g/mol. The van der Waals surface area contributed by atoms with E-state index in [0.29, 0.717) is 4.57 Å². The molecule has 0 bridgehead atoms. The summed E-state index contributed by atoms with van der Waals surface area (Å²) in [7, 11) is 0. The van der Waals surface area contributed by atoms with E-state index in [1.807, 2.05) is 0 Å². The first-order valence-corrected chi connectivity index (χ1v) is 5.05. The van der Waals surface area contributed by atoms with Crippen molar-refractivity contribution in [2.45, 2.75) is 6.54 Å². The summed E-state index contributed by atoms with van der Waals surface area (Å²) in [5.41, 5.74) is -2.31. The fourth-order valence-electron chi connectivity index (χ4n) is 1.50. The van der Waals surface area contributed by atoms with E-state index >= 15 is 0 Å². The van der Waals surface area contributed by atoms with Gasteiger partial charge in [0.15, 0.2) is 11.6 Å². The zero-order valence-electron chi connectivity index (χ0n) is 9.28. The molecule has 5 nitrogen and oxygen atoms in total. The van der Waals surface area contributed by atoms with E-state index < -0.39 is 41.1 Å². The van der Waals surface area contributed by atoms with Crippen LogP contribution in [0.25, 0.3) is 0 Å². The summed E-state index contributed by atoms with van der Waals surface area (Å²) in [6.45, 7) is -0.421. The number of aromatic nitrogens is 2. The molecule has 0 aliphatic carbocycles. The highest BCUT2D eigenvalue weighted by Crippen LogP contribution is 2.13. The van der Waals surface area contributed by atoms with Gasteiger partial charge in [0.2, 0.25) is 11.7 Å². The topological polar surface area (TPSA) is 75.1 Å². The van der Waals surface area contributed by atoms with Crippen LogP contribution in [-0.4, -0.2) is 14.7 Å². The van der Waals surface area contributed by atoms with Crippen molar-refractivity contribution in [1.82, 2.24) is 9.55 Å². The molecule has 0 amide bonds. The molecule has 0 unspecified atom stereocenters.